The molecule has 118 valence electrons. The van der Waals surface area contributed by atoms with Gasteiger partial charge in [-0.05, 0) is 25.1 Å². The number of fused-ring (bicyclic) bond motifs is 1. The third-order valence-corrected chi connectivity index (χ3v) is 5.09. The van der Waals surface area contributed by atoms with Gasteiger partial charge in [0, 0.05) is 27.6 Å². The minimum Gasteiger partial charge on any atom is -0.361 e. The van der Waals surface area contributed by atoms with Crippen molar-refractivity contribution >= 4 is 40.1 Å². The quantitative estimate of drug-likeness (QED) is 0.719. The molecular formula is C19H14N2O2S. The van der Waals surface area contributed by atoms with Crippen LogP contribution >= 0.6 is 11.8 Å². The summed E-state index contributed by atoms with van der Waals surface area (Å²) in [5.74, 6) is -0.690. The van der Waals surface area contributed by atoms with Crippen molar-refractivity contribution in [3.05, 3.63) is 70.8 Å². The molecule has 0 bridgehead atoms. The van der Waals surface area contributed by atoms with Crippen molar-refractivity contribution in [3.8, 4) is 0 Å². The number of thioether (sulfide) groups is 1. The molecule has 1 aliphatic rings. The fourth-order valence-electron chi connectivity index (χ4n) is 2.78. The number of aromatic nitrogens is 1. The van der Waals surface area contributed by atoms with Crippen molar-refractivity contribution in [1.29, 1.82) is 0 Å². The van der Waals surface area contributed by atoms with Crippen LogP contribution in [0.25, 0.3) is 16.5 Å². The largest absolute Gasteiger partial charge is 0.361 e. The number of H-pyrrole nitrogens is 1. The van der Waals surface area contributed by atoms with Crippen molar-refractivity contribution in [2.45, 2.75) is 11.8 Å². The first-order valence-corrected chi connectivity index (χ1v) is 8.36. The summed E-state index contributed by atoms with van der Waals surface area (Å²) in [7, 11) is 0. The lowest BCUT2D eigenvalue weighted by molar-refractivity contribution is -0.123. The molecular weight excluding hydrogens is 320 g/mol. The van der Waals surface area contributed by atoms with E-state index >= 15 is 0 Å². The van der Waals surface area contributed by atoms with Crippen LogP contribution < -0.4 is 5.32 Å². The molecule has 0 spiro atoms. The van der Waals surface area contributed by atoms with Crippen LogP contribution in [-0.2, 0) is 9.59 Å². The maximum atomic E-state index is 12.4. The number of carbonyl (C=O) groups is 2. The molecule has 4 rings (SSSR count). The maximum absolute atomic E-state index is 12.4. The van der Waals surface area contributed by atoms with Crippen molar-refractivity contribution < 1.29 is 9.59 Å². The number of para-hydroxylation sites is 1. The summed E-state index contributed by atoms with van der Waals surface area (Å²) in [6, 6.07) is 15.6. The number of nitrogens with one attached hydrogen (secondary N) is 2. The Morgan fingerprint density at radius 1 is 0.917 bits per heavy atom. The molecule has 2 amide bonds. The van der Waals surface area contributed by atoms with E-state index in [0.29, 0.717) is 10.5 Å². The van der Waals surface area contributed by atoms with Gasteiger partial charge in [0.1, 0.15) is 0 Å². The van der Waals surface area contributed by atoms with E-state index < -0.39 is 0 Å². The minimum atomic E-state index is -0.348. The summed E-state index contributed by atoms with van der Waals surface area (Å²) < 4.78 is 0. The summed E-state index contributed by atoms with van der Waals surface area (Å²) in [6.07, 6.45) is 1.79. The number of hydrogen-bond donors (Lipinski definition) is 2. The lowest BCUT2D eigenvalue weighted by Gasteiger charge is -2.04. The van der Waals surface area contributed by atoms with Crippen LogP contribution in [0.1, 0.15) is 11.1 Å². The van der Waals surface area contributed by atoms with Gasteiger partial charge in [0.15, 0.2) is 0 Å². The van der Waals surface area contributed by atoms with Gasteiger partial charge in [-0.3, -0.25) is 14.9 Å². The van der Waals surface area contributed by atoms with Crippen LogP contribution in [0.15, 0.2) is 64.5 Å². The second-order valence-electron chi connectivity index (χ2n) is 5.65. The SMILES string of the molecule is Cc1ccc(SC2=C(c3c[nH]c4ccccc34)C(=O)NC2=O)cc1. The van der Waals surface area contributed by atoms with E-state index in [2.05, 4.69) is 10.3 Å². The molecule has 1 aliphatic heterocycles. The lowest BCUT2D eigenvalue weighted by atomic mass is 10.1. The Bertz CT molecular complexity index is 1000. The summed E-state index contributed by atoms with van der Waals surface area (Å²) in [5.41, 5.74) is 3.27. The average Bonchev–Trinajstić information content (AvgIpc) is 3.11. The smallest absolute Gasteiger partial charge is 0.265 e. The van der Waals surface area contributed by atoms with Gasteiger partial charge >= 0.3 is 0 Å². The molecule has 0 unspecified atom stereocenters. The van der Waals surface area contributed by atoms with Crippen LogP contribution in [0.5, 0.6) is 0 Å². The van der Waals surface area contributed by atoms with E-state index in [1.165, 1.54) is 11.8 Å². The number of aryl methyl sites for hydroxylation is 1. The van der Waals surface area contributed by atoms with E-state index in [0.717, 1.165) is 26.9 Å². The van der Waals surface area contributed by atoms with Crippen LogP contribution in [0.3, 0.4) is 0 Å². The predicted molar refractivity (Wildman–Crippen MR) is 95.4 cm³/mol. The lowest BCUT2D eigenvalue weighted by Crippen LogP contribution is -2.22. The van der Waals surface area contributed by atoms with E-state index in [9.17, 15) is 9.59 Å². The molecule has 0 saturated carbocycles. The Hall–Kier alpha value is -2.79. The molecule has 24 heavy (non-hydrogen) atoms. The van der Waals surface area contributed by atoms with Gasteiger partial charge in [0.25, 0.3) is 11.8 Å². The molecule has 3 aromatic rings. The fraction of sp³-hybridized carbons (Fsp3) is 0.0526. The molecule has 0 fully saturated rings. The zero-order valence-corrected chi connectivity index (χ0v) is 13.7. The molecule has 0 radical (unpaired) electrons. The van der Waals surface area contributed by atoms with Gasteiger partial charge < -0.3 is 4.98 Å². The number of benzene rings is 2. The summed E-state index contributed by atoms with van der Waals surface area (Å²) in [4.78, 5) is 29.2. The number of amides is 2. The number of rotatable bonds is 3. The van der Waals surface area contributed by atoms with Gasteiger partial charge in [0.05, 0.1) is 10.5 Å². The molecule has 2 heterocycles. The average molecular weight is 334 g/mol. The van der Waals surface area contributed by atoms with Crippen molar-refractivity contribution in [2.24, 2.45) is 0 Å². The van der Waals surface area contributed by atoms with Crippen LogP contribution in [0, 0.1) is 6.92 Å². The van der Waals surface area contributed by atoms with Crippen molar-refractivity contribution in [2.75, 3.05) is 0 Å². The van der Waals surface area contributed by atoms with Gasteiger partial charge in [-0.15, -0.1) is 0 Å². The topological polar surface area (TPSA) is 62.0 Å². The fourth-order valence-corrected chi connectivity index (χ4v) is 3.74. The van der Waals surface area contributed by atoms with Crippen molar-refractivity contribution in [3.63, 3.8) is 0 Å². The Labute approximate surface area is 143 Å². The Balaban J connectivity index is 1.85. The third-order valence-electron chi connectivity index (χ3n) is 3.99. The highest BCUT2D eigenvalue weighted by Crippen LogP contribution is 2.38. The van der Waals surface area contributed by atoms with Gasteiger partial charge in [0.2, 0.25) is 0 Å². The van der Waals surface area contributed by atoms with Gasteiger partial charge in [-0.2, -0.15) is 0 Å². The van der Waals surface area contributed by atoms with E-state index in [1.807, 2.05) is 55.5 Å². The molecule has 4 nitrogen and oxygen atoms in total. The summed E-state index contributed by atoms with van der Waals surface area (Å²) in [6.45, 7) is 2.01. The molecule has 2 N–H and O–H groups in total. The monoisotopic (exact) mass is 334 g/mol. The van der Waals surface area contributed by atoms with Crippen LogP contribution in [0.4, 0.5) is 0 Å². The second kappa shape index (κ2) is 5.69. The zero-order chi connectivity index (χ0) is 16.7. The highest BCUT2D eigenvalue weighted by Gasteiger charge is 2.33. The Morgan fingerprint density at radius 3 is 2.46 bits per heavy atom. The maximum Gasteiger partial charge on any atom is 0.265 e. The number of carbonyl (C=O) groups excluding carboxylic acids is 2. The van der Waals surface area contributed by atoms with Crippen LogP contribution in [-0.4, -0.2) is 16.8 Å². The Morgan fingerprint density at radius 2 is 1.67 bits per heavy atom. The predicted octanol–water partition coefficient (Wildman–Crippen LogP) is 3.64. The number of aromatic amines is 1. The highest BCUT2D eigenvalue weighted by molar-refractivity contribution is 8.04. The first kappa shape index (κ1) is 14.8. The minimum absolute atomic E-state index is 0.342. The first-order chi connectivity index (χ1) is 11.6. The third kappa shape index (κ3) is 2.43. The molecule has 2 aromatic carbocycles. The zero-order valence-electron chi connectivity index (χ0n) is 12.9. The standard InChI is InChI=1S/C19H14N2O2S/c1-11-6-8-12(9-7-11)24-17-16(18(22)21-19(17)23)14-10-20-15-5-3-2-4-13(14)15/h2-10,20H,1H3,(H,21,22,23). The molecule has 0 atom stereocenters. The first-order valence-electron chi connectivity index (χ1n) is 7.54. The van der Waals surface area contributed by atoms with Crippen molar-refractivity contribution in [1.82, 2.24) is 10.3 Å². The Kier molecular flexibility index (Phi) is 3.50. The normalized spacial score (nSPS) is 14.5. The van der Waals surface area contributed by atoms with Crippen LogP contribution in [0.2, 0.25) is 0 Å². The number of imide groups is 1. The van der Waals surface area contributed by atoms with E-state index in [4.69, 9.17) is 0 Å². The molecule has 5 heteroatoms. The summed E-state index contributed by atoms with van der Waals surface area (Å²) >= 11 is 1.32. The van der Waals surface area contributed by atoms with E-state index in [1.54, 1.807) is 6.20 Å². The van der Waals surface area contributed by atoms with Gasteiger partial charge in [-0.1, -0.05) is 47.7 Å². The molecule has 1 aromatic heterocycles. The molecule has 0 aliphatic carbocycles. The second-order valence-corrected chi connectivity index (χ2v) is 6.73. The van der Waals surface area contributed by atoms with E-state index in [-0.39, 0.29) is 11.8 Å². The highest BCUT2D eigenvalue weighted by atomic mass is 32.2. The van der Waals surface area contributed by atoms with Gasteiger partial charge in [-0.25, -0.2) is 0 Å². The number of hydrogen-bond acceptors (Lipinski definition) is 3. The molecule has 0 saturated heterocycles. The summed E-state index contributed by atoms with van der Waals surface area (Å²) in [5, 5.41) is 3.34.